The number of nitrogens with two attached hydrogens (primary N) is 1. The molecule has 2 aromatic rings. The van der Waals surface area contributed by atoms with Crippen molar-refractivity contribution in [2.24, 2.45) is 10.7 Å². The lowest BCUT2D eigenvalue weighted by molar-refractivity contribution is -0.117. The highest BCUT2D eigenvalue weighted by atomic mass is 35.5. The molecule has 2 aliphatic rings. The highest BCUT2D eigenvalue weighted by molar-refractivity contribution is 8.24. The molecule has 2 saturated heterocycles. The van der Waals surface area contributed by atoms with Crippen molar-refractivity contribution in [3.63, 3.8) is 0 Å². The fourth-order valence-corrected chi connectivity index (χ4v) is 4.09. The van der Waals surface area contributed by atoms with Crippen LogP contribution in [0.4, 0.5) is 8.78 Å². The normalized spacial score (nSPS) is 15.9. The monoisotopic (exact) mass is 550 g/mol. The van der Waals surface area contributed by atoms with E-state index in [2.05, 4.69) is 27.8 Å². The van der Waals surface area contributed by atoms with Crippen LogP contribution in [0.15, 0.2) is 41.4 Å². The molecular formula is C20H18Cl2F2N4O2S3. The van der Waals surface area contributed by atoms with Crippen LogP contribution in [0.3, 0.4) is 0 Å². The van der Waals surface area contributed by atoms with Gasteiger partial charge in [0, 0.05) is 6.54 Å². The van der Waals surface area contributed by atoms with Gasteiger partial charge in [0.15, 0.2) is 5.17 Å². The van der Waals surface area contributed by atoms with Gasteiger partial charge in [0.1, 0.15) is 16.0 Å². The minimum absolute atomic E-state index is 0.0231. The Labute approximate surface area is 213 Å². The molecule has 176 valence electrons. The molecule has 0 atom stereocenters. The molecule has 4 rings (SSSR count). The van der Waals surface area contributed by atoms with Crippen molar-refractivity contribution in [1.29, 1.82) is 0 Å². The van der Waals surface area contributed by atoms with E-state index in [1.54, 1.807) is 12.1 Å². The molecule has 0 radical (unpaired) electrons. The van der Waals surface area contributed by atoms with E-state index in [1.807, 2.05) is 0 Å². The zero-order valence-electron chi connectivity index (χ0n) is 16.9. The Morgan fingerprint density at radius 1 is 0.939 bits per heavy atom. The number of rotatable bonds is 3. The van der Waals surface area contributed by atoms with E-state index < -0.39 is 11.6 Å². The summed E-state index contributed by atoms with van der Waals surface area (Å²) in [4.78, 5) is 25.3. The molecule has 13 heteroatoms. The van der Waals surface area contributed by atoms with Crippen molar-refractivity contribution in [2.45, 2.75) is 13.1 Å². The van der Waals surface area contributed by atoms with Crippen LogP contribution >= 0.6 is 58.9 Å². The Hall–Kier alpha value is -1.76. The standard InChI is InChI=1S/C10H8ClFN2OS.C7H7ClFN.C3H3NOS2/c11-7-3-6(1-2-8(7)12)4-13-10-14-9(15)5-16-10;8-6-3-5(4-10)1-2-7(6)9;5-2-1-7-3(6)4-2/h1-3H,4-5H2,(H,13,14,15);1-3H,4,10H2;1H2,(H,4,5,6). The number of thioether (sulfide) groups is 2. The molecule has 6 nitrogen and oxygen atoms in total. The summed E-state index contributed by atoms with van der Waals surface area (Å²) in [6.45, 7) is 0.766. The second kappa shape index (κ2) is 13.8. The number of carbonyl (C=O) groups excluding carboxylic acids is 2. The highest BCUT2D eigenvalue weighted by Crippen LogP contribution is 2.18. The minimum atomic E-state index is -0.443. The largest absolute Gasteiger partial charge is 0.326 e. The van der Waals surface area contributed by atoms with Crippen LogP contribution in [0.1, 0.15) is 11.1 Å². The third-order valence-electron chi connectivity index (χ3n) is 3.77. The molecule has 0 unspecified atom stereocenters. The van der Waals surface area contributed by atoms with Gasteiger partial charge in [0.05, 0.1) is 28.1 Å². The third-order valence-corrected chi connectivity index (χ3v) is 6.49. The van der Waals surface area contributed by atoms with Gasteiger partial charge in [-0.3, -0.25) is 14.6 Å². The van der Waals surface area contributed by atoms with Crippen molar-refractivity contribution in [3.8, 4) is 0 Å². The summed E-state index contributed by atoms with van der Waals surface area (Å²) in [6, 6.07) is 8.90. The Bertz CT molecular complexity index is 1060. The fourth-order valence-electron chi connectivity index (χ4n) is 2.20. The van der Waals surface area contributed by atoms with Crippen LogP contribution in [0, 0.1) is 11.6 Å². The summed E-state index contributed by atoms with van der Waals surface area (Å²) in [7, 11) is 0. The van der Waals surface area contributed by atoms with Crippen molar-refractivity contribution in [1.82, 2.24) is 10.6 Å². The molecule has 2 aliphatic heterocycles. The number of amides is 2. The summed E-state index contributed by atoms with van der Waals surface area (Å²) in [5.74, 6) is 0.0401. The zero-order valence-corrected chi connectivity index (χ0v) is 20.8. The van der Waals surface area contributed by atoms with Gasteiger partial charge in [-0.2, -0.15) is 0 Å². The summed E-state index contributed by atoms with van der Waals surface area (Å²) >= 11 is 18.5. The molecule has 2 amide bonds. The van der Waals surface area contributed by atoms with Crippen LogP contribution in [-0.4, -0.2) is 32.8 Å². The van der Waals surface area contributed by atoms with E-state index >= 15 is 0 Å². The lowest BCUT2D eigenvalue weighted by Crippen LogP contribution is -2.20. The number of thiocarbonyl (C=S) groups is 1. The third kappa shape index (κ3) is 9.95. The zero-order chi connectivity index (χ0) is 24.4. The lowest BCUT2D eigenvalue weighted by Gasteiger charge is -2.00. The maximum atomic E-state index is 12.9. The molecule has 0 saturated carbocycles. The first kappa shape index (κ1) is 27.5. The van der Waals surface area contributed by atoms with E-state index in [0.717, 1.165) is 11.1 Å². The van der Waals surface area contributed by atoms with E-state index in [4.69, 9.17) is 28.9 Å². The summed E-state index contributed by atoms with van der Waals surface area (Å²) < 4.78 is 25.9. The van der Waals surface area contributed by atoms with E-state index in [1.165, 1.54) is 47.8 Å². The van der Waals surface area contributed by atoms with Crippen molar-refractivity contribution < 1.29 is 18.4 Å². The Balaban J connectivity index is 0.000000193. The van der Waals surface area contributed by atoms with E-state index in [-0.39, 0.29) is 21.9 Å². The van der Waals surface area contributed by atoms with Gasteiger partial charge in [-0.05, 0) is 35.4 Å². The lowest BCUT2D eigenvalue weighted by atomic mass is 10.2. The van der Waals surface area contributed by atoms with Crippen LogP contribution in [0.25, 0.3) is 0 Å². The van der Waals surface area contributed by atoms with Gasteiger partial charge in [0.25, 0.3) is 0 Å². The highest BCUT2D eigenvalue weighted by Gasteiger charge is 2.16. The Morgan fingerprint density at radius 2 is 1.48 bits per heavy atom. The maximum Gasteiger partial charge on any atom is 0.236 e. The number of halogens is 4. The van der Waals surface area contributed by atoms with Gasteiger partial charge < -0.3 is 16.4 Å². The summed E-state index contributed by atoms with van der Waals surface area (Å²) in [5, 5.41) is 5.90. The van der Waals surface area contributed by atoms with Gasteiger partial charge in [-0.25, -0.2) is 8.78 Å². The number of benzene rings is 2. The van der Waals surface area contributed by atoms with Gasteiger partial charge >= 0.3 is 0 Å². The smallest absolute Gasteiger partial charge is 0.236 e. The van der Waals surface area contributed by atoms with E-state index in [9.17, 15) is 18.4 Å². The SMILES string of the molecule is NCc1ccc(F)c(Cl)c1.O=C1CSC(=NCc2ccc(F)c(Cl)c2)N1.O=C1CSC(=S)N1. The number of hydrogen-bond acceptors (Lipinski definition) is 7. The first-order valence-electron chi connectivity index (χ1n) is 9.19. The molecule has 0 aliphatic carbocycles. The number of amidine groups is 1. The maximum absolute atomic E-state index is 12.9. The molecule has 4 N–H and O–H groups in total. The van der Waals surface area contributed by atoms with Gasteiger partial charge in [0.2, 0.25) is 11.8 Å². The second-order valence-electron chi connectivity index (χ2n) is 6.28. The van der Waals surface area contributed by atoms with Crippen LogP contribution in [0.2, 0.25) is 10.0 Å². The van der Waals surface area contributed by atoms with Gasteiger partial charge in [-0.1, -0.05) is 71.1 Å². The second-order valence-corrected chi connectivity index (χ2v) is 9.71. The molecule has 2 aromatic carbocycles. The average molecular weight is 551 g/mol. The number of nitrogens with one attached hydrogen (secondary N) is 2. The van der Waals surface area contributed by atoms with Gasteiger partial charge in [-0.15, -0.1) is 0 Å². The molecule has 2 heterocycles. The molecule has 33 heavy (non-hydrogen) atoms. The average Bonchev–Trinajstić information content (AvgIpc) is 3.38. The molecule has 0 spiro atoms. The topological polar surface area (TPSA) is 96.6 Å². The summed E-state index contributed by atoms with van der Waals surface area (Å²) in [5.41, 5.74) is 6.93. The van der Waals surface area contributed by atoms with Crippen molar-refractivity contribution >= 4 is 80.2 Å². The Kier molecular flexibility index (Phi) is 11.5. The molecule has 0 bridgehead atoms. The number of nitrogens with zero attached hydrogens (tertiary/aromatic N) is 1. The van der Waals surface area contributed by atoms with Crippen LogP contribution < -0.4 is 16.4 Å². The first-order chi connectivity index (χ1) is 15.7. The summed E-state index contributed by atoms with van der Waals surface area (Å²) in [6.07, 6.45) is 0. The number of carbonyl (C=O) groups is 2. The predicted molar refractivity (Wildman–Crippen MR) is 136 cm³/mol. The minimum Gasteiger partial charge on any atom is -0.326 e. The first-order valence-corrected chi connectivity index (χ1v) is 12.3. The Morgan fingerprint density at radius 3 is 1.91 bits per heavy atom. The van der Waals surface area contributed by atoms with Crippen LogP contribution in [0.5, 0.6) is 0 Å². The molecule has 2 fully saturated rings. The van der Waals surface area contributed by atoms with Crippen molar-refractivity contribution in [3.05, 3.63) is 69.2 Å². The van der Waals surface area contributed by atoms with Crippen LogP contribution in [-0.2, 0) is 22.7 Å². The molecule has 0 aromatic heterocycles. The number of aliphatic imine (C=N–C) groups is 1. The fraction of sp³-hybridized carbons (Fsp3) is 0.200. The predicted octanol–water partition coefficient (Wildman–Crippen LogP) is 4.27. The number of hydrogen-bond donors (Lipinski definition) is 3. The van der Waals surface area contributed by atoms with E-state index in [0.29, 0.717) is 34.1 Å². The molecular weight excluding hydrogens is 533 g/mol. The van der Waals surface area contributed by atoms with Crippen molar-refractivity contribution in [2.75, 3.05) is 11.5 Å². The quantitative estimate of drug-likeness (QED) is 0.494.